The fourth-order valence-electron chi connectivity index (χ4n) is 4.74. The van der Waals surface area contributed by atoms with Crippen molar-refractivity contribution in [1.82, 2.24) is 4.90 Å². The zero-order valence-electron chi connectivity index (χ0n) is 19.0. The van der Waals surface area contributed by atoms with Crippen molar-refractivity contribution in [2.45, 2.75) is 19.3 Å². The van der Waals surface area contributed by atoms with Crippen molar-refractivity contribution < 1.29 is 28.6 Å². The Balaban J connectivity index is 1.14. The lowest BCUT2D eigenvalue weighted by Crippen LogP contribution is -2.44. The van der Waals surface area contributed by atoms with Gasteiger partial charge in [0.1, 0.15) is 5.75 Å². The quantitative estimate of drug-likeness (QED) is 0.729. The minimum Gasteiger partial charge on any atom is -0.497 e. The second kappa shape index (κ2) is 9.24. The molecular weight excluding hydrogens is 438 g/mol. The van der Waals surface area contributed by atoms with Crippen LogP contribution in [0.1, 0.15) is 19.3 Å². The number of likely N-dealkylation sites (tertiary alicyclic amines) is 1. The highest BCUT2D eigenvalue weighted by Crippen LogP contribution is 2.35. The van der Waals surface area contributed by atoms with Gasteiger partial charge in [-0.05, 0) is 37.1 Å². The Bertz CT molecular complexity index is 1110. The highest BCUT2D eigenvalue weighted by Gasteiger charge is 2.38. The molecule has 3 aliphatic heterocycles. The summed E-state index contributed by atoms with van der Waals surface area (Å²) in [5, 5.41) is 2.94. The van der Waals surface area contributed by atoms with Gasteiger partial charge in [-0.3, -0.25) is 14.4 Å². The molecule has 34 heavy (non-hydrogen) atoms. The van der Waals surface area contributed by atoms with E-state index >= 15 is 0 Å². The standard InChI is InChI=1S/C25H27N3O6/c1-32-20-4-2-3-19(13-20)28-14-17(11-23(28)29)25(31)27-9-7-16(8-10-27)24(30)26-18-5-6-21-22(12-18)34-15-33-21/h2-6,12-13,16-17H,7-11,14-15H2,1H3,(H,26,30). The summed E-state index contributed by atoms with van der Waals surface area (Å²) in [5.41, 5.74) is 1.40. The molecule has 3 amide bonds. The number of methoxy groups -OCH3 is 1. The number of carbonyl (C=O) groups is 3. The van der Waals surface area contributed by atoms with Crippen LogP contribution in [-0.2, 0) is 14.4 Å². The van der Waals surface area contributed by atoms with Crippen LogP contribution in [0.4, 0.5) is 11.4 Å². The summed E-state index contributed by atoms with van der Waals surface area (Å²) in [6.45, 7) is 1.54. The second-order valence-electron chi connectivity index (χ2n) is 8.76. The molecule has 1 atom stereocenters. The number of rotatable bonds is 5. The van der Waals surface area contributed by atoms with Gasteiger partial charge in [-0.1, -0.05) is 6.07 Å². The average molecular weight is 466 g/mol. The van der Waals surface area contributed by atoms with Gasteiger partial charge in [0.25, 0.3) is 0 Å². The first kappa shape index (κ1) is 22.1. The number of hydrogen-bond donors (Lipinski definition) is 1. The number of nitrogens with one attached hydrogen (secondary N) is 1. The maximum Gasteiger partial charge on any atom is 0.231 e. The maximum atomic E-state index is 13.1. The molecule has 9 heteroatoms. The Hall–Kier alpha value is -3.75. The largest absolute Gasteiger partial charge is 0.497 e. The molecule has 2 aromatic rings. The molecule has 2 saturated heterocycles. The number of ether oxygens (including phenoxy) is 3. The van der Waals surface area contributed by atoms with E-state index in [1.165, 1.54) is 0 Å². The molecule has 0 radical (unpaired) electrons. The number of piperidine rings is 1. The number of nitrogens with zero attached hydrogens (tertiary/aromatic N) is 2. The van der Waals surface area contributed by atoms with Crippen LogP contribution < -0.4 is 24.4 Å². The molecule has 178 valence electrons. The van der Waals surface area contributed by atoms with E-state index in [-0.39, 0.29) is 42.8 Å². The van der Waals surface area contributed by atoms with Gasteiger partial charge in [-0.15, -0.1) is 0 Å². The van der Waals surface area contributed by atoms with Gasteiger partial charge >= 0.3 is 0 Å². The normalized spacial score (nSPS) is 19.9. The molecule has 9 nitrogen and oxygen atoms in total. The lowest BCUT2D eigenvalue weighted by atomic mass is 9.94. The average Bonchev–Trinajstić information content (AvgIpc) is 3.50. The Labute approximate surface area is 197 Å². The number of benzene rings is 2. The molecule has 0 spiro atoms. The molecule has 2 aromatic carbocycles. The number of hydrogen-bond acceptors (Lipinski definition) is 6. The molecule has 0 aromatic heterocycles. The third-order valence-corrected chi connectivity index (χ3v) is 6.66. The van der Waals surface area contributed by atoms with Gasteiger partial charge in [-0.25, -0.2) is 0 Å². The van der Waals surface area contributed by atoms with Crippen molar-refractivity contribution in [3.63, 3.8) is 0 Å². The van der Waals surface area contributed by atoms with Gasteiger partial charge in [0.15, 0.2) is 11.5 Å². The van der Waals surface area contributed by atoms with E-state index in [1.54, 1.807) is 41.2 Å². The van der Waals surface area contributed by atoms with E-state index in [4.69, 9.17) is 14.2 Å². The zero-order valence-corrected chi connectivity index (χ0v) is 19.0. The van der Waals surface area contributed by atoms with Crippen molar-refractivity contribution in [3.8, 4) is 17.2 Å². The second-order valence-corrected chi connectivity index (χ2v) is 8.76. The van der Waals surface area contributed by atoms with Crippen molar-refractivity contribution in [2.24, 2.45) is 11.8 Å². The molecule has 5 rings (SSSR count). The molecule has 1 N–H and O–H groups in total. The van der Waals surface area contributed by atoms with E-state index in [0.29, 0.717) is 55.4 Å². The molecule has 3 aliphatic rings. The first-order chi connectivity index (χ1) is 16.5. The predicted molar refractivity (Wildman–Crippen MR) is 124 cm³/mol. The summed E-state index contributed by atoms with van der Waals surface area (Å²) in [5.74, 6) is 1.25. The van der Waals surface area contributed by atoms with Gasteiger partial charge in [0.2, 0.25) is 24.5 Å². The van der Waals surface area contributed by atoms with Crippen molar-refractivity contribution >= 4 is 29.1 Å². The fraction of sp³-hybridized carbons (Fsp3) is 0.400. The van der Waals surface area contributed by atoms with Crippen LogP contribution in [0.2, 0.25) is 0 Å². The Morgan fingerprint density at radius 3 is 2.62 bits per heavy atom. The van der Waals surface area contributed by atoms with Gasteiger partial charge < -0.3 is 29.3 Å². The van der Waals surface area contributed by atoms with E-state index in [9.17, 15) is 14.4 Å². The van der Waals surface area contributed by atoms with E-state index in [1.807, 2.05) is 18.2 Å². The summed E-state index contributed by atoms with van der Waals surface area (Å²) in [6, 6.07) is 12.6. The van der Waals surface area contributed by atoms with Crippen molar-refractivity contribution in [1.29, 1.82) is 0 Å². The molecular formula is C25H27N3O6. The van der Waals surface area contributed by atoms with Crippen LogP contribution >= 0.6 is 0 Å². The Morgan fingerprint density at radius 1 is 1.03 bits per heavy atom. The first-order valence-electron chi connectivity index (χ1n) is 11.5. The monoisotopic (exact) mass is 465 g/mol. The fourth-order valence-corrected chi connectivity index (χ4v) is 4.74. The third kappa shape index (κ3) is 4.37. The lowest BCUT2D eigenvalue weighted by Gasteiger charge is -2.33. The Morgan fingerprint density at radius 2 is 1.82 bits per heavy atom. The van der Waals surface area contributed by atoms with Crippen molar-refractivity contribution in [3.05, 3.63) is 42.5 Å². The van der Waals surface area contributed by atoms with Gasteiger partial charge in [0.05, 0.1) is 13.0 Å². The van der Waals surface area contributed by atoms with Crippen LogP contribution in [0.3, 0.4) is 0 Å². The van der Waals surface area contributed by atoms with Crippen LogP contribution in [0, 0.1) is 11.8 Å². The lowest BCUT2D eigenvalue weighted by molar-refractivity contribution is -0.138. The van der Waals surface area contributed by atoms with E-state index in [2.05, 4.69) is 5.32 Å². The van der Waals surface area contributed by atoms with E-state index < -0.39 is 0 Å². The minimum absolute atomic E-state index is 0.0200. The smallest absolute Gasteiger partial charge is 0.231 e. The number of anilines is 2. The van der Waals surface area contributed by atoms with E-state index in [0.717, 1.165) is 5.69 Å². The summed E-state index contributed by atoms with van der Waals surface area (Å²) >= 11 is 0. The summed E-state index contributed by atoms with van der Waals surface area (Å²) < 4.78 is 15.9. The third-order valence-electron chi connectivity index (χ3n) is 6.66. The maximum absolute atomic E-state index is 13.1. The number of carbonyl (C=O) groups excluding carboxylic acids is 3. The topological polar surface area (TPSA) is 97.4 Å². The molecule has 0 bridgehead atoms. The van der Waals surface area contributed by atoms with Crippen molar-refractivity contribution in [2.75, 3.05) is 43.8 Å². The molecule has 2 fully saturated rings. The zero-order chi connectivity index (χ0) is 23.7. The Kier molecular flexibility index (Phi) is 6.00. The summed E-state index contributed by atoms with van der Waals surface area (Å²) in [4.78, 5) is 41.9. The number of amides is 3. The minimum atomic E-state index is -0.377. The predicted octanol–water partition coefficient (Wildman–Crippen LogP) is 2.65. The molecule has 3 heterocycles. The highest BCUT2D eigenvalue weighted by molar-refractivity contribution is 6.00. The molecule has 0 saturated carbocycles. The summed E-state index contributed by atoms with van der Waals surface area (Å²) in [6.07, 6.45) is 1.37. The first-order valence-corrected chi connectivity index (χ1v) is 11.5. The molecule has 1 unspecified atom stereocenters. The van der Waals surface area contributed by atoms with Crippen LogP contribution in [-0.4, -0.2) is 56.2 Å². The van der Waals surface area contributed by atoms with Gasteiger partial charge in [-0.2, -0.15) is 0 Å². The SMILES string of the molecule is COc1cccc(N2CC(C(=O)N3CCC(C(=O)Nc4ccc5c(c4)OCO5)CC3)CC2=O)c1. The van der Waals surface area contributed by atoms with Crippen LogP contribution in [0.5, 0.6) is 17.2 Å². The number of fused-ring (bicyclic) bond motifs is 1. The molecule has 0 aliphatic carbocycles. The van der Waals surface area contributed by atoms with Gasteiger partial charge in [0, 0.05) is 55.5 Å². The summed E-state index contributed by atoms with van der Waals surface area (Å²) in [7, 11) is 1.58. The van der Waals surface area contributed by atoms with Crippen LogP contribution in [0.25, 0.3) is 0 Å². The van der Waals surface area contributed by atoms with Crippen LogP contribution in [0.15, 0.2) is 42.5 Å². The highest BCUT2D eigenvalue weighted by atomic mass is 16.7.